The van der Waals surface area contributed by atoms with Crippen LogP contribution in [0.1, 0.15) is 54.4 Å². The number of ether oxygens (including phenoxy) is 2. The number of nitrogens with zero attached hydrogens (tertiary/aromatic N) is 1. The third-order valence-corrected chi connectivity index (χ3v) is 6.90. The molecule has 1 aromatic carbocycles. The molecule has 3 aliphatic heterocycles. The molecule has 3 heterocycles. The SMILES string of the molecule is Nc1c(Cl)cc(C(=O)CCC2(F)CCN(CC3CCOC3)CC2)c2c1CCCO2. The minimum atomic E-state index is -1.28. The van der Waals surface area contributed by atoms with Gasteiger partial charge in [-0.3, -0.25) is 4.79 Å². The van der Waals surface area contributed by atoms with E-state index in [1.807, 2.05) is 0 Å². The Balaban J connectivity index is 1.34. The molecule has 2 N–H and O–H groups in total. The molecule has 1 atom stereocenters. The molecule has 29 heavy (non-hydrogen) atoms. The number of alkyl halides is 1. The Bertz CT molecular complexity index is 759. The summed E-state index contributed by atoms with van der Waals surface area (Å²) in [6.07, 6.45) is 4.05. The molecule has 0 amide bonds. The van der Waals surface area contributed by atoms with E-state index >= 15 is 4.39 Å². The maximum absolute atomic E-state index is 15.3. The minimum absolute atomic E-state index is 0.118. The summed E-state index contributed by atoms with van der Waals surface area (Å²) >= 11 is 6.24. The van der Waals surface area contributed by atoms with E-state index in [4.69, 9.17) is 26.8 Å². The molecule has 160 valence electrons. The normalized spacial score (nSPS) is 24.1. The smallest absolute Gasteiger partial charge is 0.166 e. The lowest BCUT2D eigenvalue weighted by Gasteiger charge is -2.37. The first-order valence-corrected chi connectivity index (χ1v) is 11.1. The number of hydrogen-bond donors (Lipinski definition) is 1. The predicted octanol–water partition coefficient (Wildman–Crippen LogP) is 4.05. The van der Waals surface area contributed by atoms with Crippen LogP contribution in [0.3, 0.4) is 0 Å². The van der Waals surface area contributed by atoms with Gasteiger partial charge in [-0.1, -0.05) is 11.6 Å². The summed E-state index contributed by atoms with van der Waals surface area (Å²) < 4.78 is 26.5. The van der Waals surface area contributed by atoms with Crippen LogP contribution < -0.4 is 10.5 Å². The third-order valence-electron chi connectivity index (χ3n) is 6.58. The van der Waals surface area contributed by atoms with Crippen LogP contribution in [0.5, 0.6) is 5.75 Å². The summed E-state index contributed by atoms with van der Waals surface area (Å²) in [5, 5.41) is 0.372. The van der Waals surface area contributed by atoms with Gasteiger partial charge in [0.25, 0.3) is 0 Å². The van der Waals surface area contributed by atoms with E-state index in [1.54, 1.807) is 6.07 Å². The van der Waals surface area contributed by atoms with Gasteiger partial charge in [-0.05, 0) is 50.5 Å². The van der Waals surface area contributed by atoms with Gasteiger partial charge < -0.3 is 20.1 Å². The zero-order valence-electron chi connectivity index (χ0n) is 16.9. The molecule has 7 heteroatoms. The Hall–Kier alpha value is -1.37. The van der Waals surface area contributed by atoms with Gasteiger partial charge in [0.1, 0.15) is 11.4 Å². The van der Waals surface area contributed by atoms with Crippen molar-refractivity contribution in [1.29, 1.82) is 0 Å². The van der Waals surface area contributed by atoms with Crippen LogP contribution in [0.4, 0.5) is 10.1 Å². The lowest BCUT2D eigenvalue weighted by molar-refractivity contribution is 0.0407. The van der Waals surface area contributed by atoms with Crippen LogP contribution in [0.2, 0.25) is 5.02 Å². The second-order valence-electron chi connectivity index (χ2n) is 8.68. The van der Waals surface area contributed by atoms with Crippen LogP contribution in [-0.4, -0.2) is 55.8 Å². The lowest BCUT2D eigenvalue weighted by Crippen LogP contribution is -2.43. The number of piperidine rings is 1. The molecule has 0 aliphatic carbocycles. The Kier molecular flexibility index (Phi) is 6.32. The van der Waals surface area contributed by atoms with Gasteiger partial charge in [0.2, 0.25) is 0 Å². The first kappa shape index (κ1) is 20.9. The van der Waals surface area contributed by atoms with Crippen LogP contribution in [0.15, 0.2) is 6.07 Å². The highest BCUT2D eigenvalue weighted by molar-refractivity contribution is 6.33. The van der Waals surface area contributed by atoms with E-state index < -0.39 is 5.67 Å². The highest BCUT2D eigenvalue weighted by Crippen LogP contribution is 2.40. The Morgan fingerprint density at radius 1 is 1.34 bits per heavy atom. The number of rotatable bonds is 6. The standard InChI is InChI=1S/C22H30ClFN2O3/c23-18-12-17(21-16(20(18)25)2-1-10-29-21)19(27)3-5-22(24)6-8-26(9-7-22)13-15-4-11-28-14-15/h12,15H,1-11,13-14,25H2. The zero-order chi connectivity index (χ0) is 20.4. The summed E-state index contributed by atoms with van der Waals surface area (Å²) in [5.41, 5.74) is 6.52. The summed E-state index contributed by atoms with van der Waals surface area (Å²) in [6, 6.07) is 1.58. The van der Waals surface area contributed by atoms with Crippen molar-refractivity contribution in [3.05, 3.63) is 22.2 Å². The average Bonchev–Trinajstić information content (AvgIpc) is 3.24. The van der Waals surface area contributed by atoms with Crippen molar-refractivity contribution in [3.8, 4) is 5.75 Å². The van der Waals surface area contributed by atoms with Crippen molar-refractivity contribution >= 4 is 23.1 Å². The fraction of sp³-hybridized carbons (Fsp3) is 0.682. The van der Waals surface area contributed by atoms with E-state index in [0.29, 0.717) is 47.4 Å². The van der Waals surface area contributed by atoms with E-state index in [-0.39, 0.29) is 18.6 Å². The topological polar surface area (TPSA) is 64.8 Å². The monoisotopic (exact) mass is 424 g/mol. The largest absolute Gasteiger partial charge is 0.492 e. The number of fused-ring (bicyclic) bond motifs is 1. The summed E-state index contributed by atoms with van der Waals surface area (Å²) in [6.45, 7) is 4.70. The van der Waals surface area contributed by atoms with Crippen molar-refractivity contribution in [2.45, 2.75) is 50.6 Å². The van der Waals surface area contributed by atoms with E-state index in [9.17, 15) is 4.79 Å². The summed E-state index contributed by atoms with van der Waals surface area (Å²) in [4.78, 5) is 15.2. The van der Waals surface area contributed by atoms with Crippen LogP contribution in [-0.2, 0) is 11.2 Å². The van der Waals surface area contributed by atoms with Crippen molar-refractivity contribution < 1.29 is 18.7 Å². The number of likely N-dealkylation sites (tertiary alicyclic amines) is 1. The number of carbonyl (C=O) groups is 1. The zero-order valence-corrected chi connectivity index (χ0v) is 17.6. The molecular formula is C22H30ClFN2O3. The van der Waals surface area contributed by atoms with Gasteiger partial charge in [0.05, 0.1) is 29.5 Å². The van der Waals surface area contributed by atoms with Crippen LogP contribution in [0, 0.1) is 5.92 Å². The Morgan fingerprint density at radius 2 is 2.14 bits per heavy atom. The molecule has 0 aromatic heterocycles. The molecule has 2 saturated heterocycles. The number of nitrogens with two attached hydrogens (primary N) is 1. The molecule has 0 radical (unpaired) electrons. The lowest BCUT2D eigenvalue weighted by atomic mass is 9.86. The number of ketones is 1. The minimum Gasteiger partial charge on any atom is -0.492 e. The van der Waals surface area contributed by atoms with Crippen molar-refractivity contribution in [1.82, 2.24) is 4.90 Å². The van der Waals surface area contributed by atoms with Crippen LogP contribution >= 0.6 is 11.6 Å². The van der Waals surface area contributed by atoms with Gasteiger partial charge in [-0.15, -0.1) is 0 Å². The number of benzene rings is 1. The highest BCUT2D eigenvalue weighted by atomic mass is 35.5. The fourth-order valence-corrected chi connectivity index (χ4v) is 4.92. The second kappa shape index (κ2) is 8.78. The molecule has 0 saturated carbocycles. The number of hydrogen-bond acceptors (Lipinski definition) is 5. The van der Waals surface area contributed by atoms with Crippen molar-refractivity contribution in [2.75, 3.05) is 45.2 Å². The average molecular weight is 425 g/mol. The maximum atomic E-state index is 15.3. The number of halogens is 2. The molecule has 1 unspecified atom stereocenters. The number of Topliss-reactive ketones (excluding diaryl/α,β-unsaturated/α-hetero) is 1. The van der Waals surface area contributed by atoms with E-state index in [0.717, 1.165) is 57.7 Å². The van der Waals surface area contributed by atoms with Crippen molar-refractivity contribution in [3.63, 3.8) is 0 Å². The molecule has 5 nitrogen and oxygen atoms in total. The number of nitrogen functional groups attached to an aromatic ring is 1. The fourth-order valence-electron chi connectivity index (χ4n) is 4.69. The van der Waals surface area contributed by atoms with E-state index in [2.05, 4.69) is 4.90 Å². The van der Waals surface area contributed by atoms with Crippen molar-refractivity contribution in [2.24, 2.45) is 5.92 Å². The van der Waals surface area contributed by atoms with Gasteiger partial charge >= 0.3 is 0 Å². The molecule has 0 bridgehead atoms. The maximum Gasteiger partial charge on any atom is 0.166 e. The third kappa shape index (κ3) is 4.70. The molecular weight excluding hydrogens is 395 g/mol. The molecule has 1 aromatic rings. The van der Waals surface area contributed by atoms with Gasteiger partial charge in [-0.25, -0.2) is 4.39 Å². The summed E-state index contributed by atoms with van der Waals surface area (Å²) in [7, 11) is 0. The molecule has 2 fully saturated rings. The number of anilines is 1. The first-order chi connectivity index (χ1) is 14.0. The summed E-state index contributed by atoms with van der Waals surface area (Å²) in [5.74, 6) is 1.00. The molecule has 3 aliphatic rings. The van der Waals surface area contributed by atoms with Gasteiger partial charge in [-0.2, -0.15) is 0 Å². The van der Waals surface area contributed by atoms with Gasteiger partial charge in [0.15, 0.2) is 5.78 Å². The second-order valence-corrected chi connectivity index (χ2v) is 9.09. The van der Waals surface area contributed by atoms with E-state index in [1.165, 1.54) is 0 Å². The first-order valence-electron chi connectivity index (χ1n) is 10.7. The quantitative estimate of drug-likeness (QED) is 0.551. The molecule has 4 rings (SSSR count). The Morgan fingerprint density at radius 3 is 2.86 bits per heavy atom. The van der Waals surface area contributed by atoms with Crippen LogP contribution in [0.25, 0.3) is 0 Å². The predicted molar refractivity (Wildman–Crippen MR) is 112 cm³/mol. The number of carbonyl (C=O) groups excluding carboxylic acids is 1. The Labute approximate surface area is 176 Å². The highest BCUT2D eigenvalue weighted by Gasteiger charge is 2.36. The van der Waals surface area contributed by atoms with Gasteiger partial charge in [0, 0.05) is 38.2 Å². The molecule has 0 spiro atoms.